The molecule has 1 unspecified atom stereocenters. The van der Waals surface area contributed by atoms with Gasteiger partial charge in [0.25, 0.3) is 5.91 Å². The Morgan fingerprint density at radius 2 is 2.28 bits per heavy atom. The number of rotatable bonds is 3. The first-order valence-electron chi connectivity index (χ1n) is 6.12. The quantitative estimate of drug-likeness (QED) is 0.866. The van der Waals surface area contributed by atoms with Gasteiger partial charge >= 0.3 is 5.97 Å². The van der Waals surface area contributed by atoms with E-state index in [4.69, 9.17) is 5.11 Å². The van der Waals surface area contributed by atoms with Gasteiger partial charge in [-0.15, -0.1) is 0 Å². The van der Waals surface area contributed by atoms with Crippen molar-refractivity contribution in [2.45, 2.75) is 39.3 Å². The largest absolute Gasteiger partial charge is 0.480 e. The molecule has 1 amide bonds. The first kappa shape index (κ1) is 12.6. The highest BCUT2D eigenvalue weighted by Crippen LogP contribution is 2.21. The third-order valence-electron chi connectivity index (χ3n) is 3.30. The lowest BCUT2D eigenvalue weighted by atomic mass is 10.2. The molecule has 0 spiro atoms. The second-order valence-electron chi connectivity index (χ2n) is 4.48. The van der Waals surface area contributed by atoms with E-state index in [0.29, 0.717) is 30.8 Å². The van der Waals surface area contributed by atoms with Crippen LogP contribution in [0.5, 0.6) is 0 Å². The second-order valence-corrected chi connectivity index (χ2v) is 4.48. The van der Waals surface area contributed by atoms with E-state index in [1.165, 1.54) is 4.90 Å². The molecular formula is C12H17N3O3. The van der Waals surface area contributed by atoms with Crippen molar-refractivity contribution >= 4 is 11.9 Å². The van der Waals surface area contributed by atoms with Crippen LogP contribution in [-0.4, -0.2) is 44.3 Å². The van der Waals surface area contributed by atoms with Crippen molar-refractivity contribution in [1.29, 1.82) is 0 Å². The molecule has 18 heavy (non-hydrogen) atoms. The summed E-state index contributed by atoms with van der Waals surface area (Å²) in [6.07, 6.45) is 2.96. The molecule has 2 rings (SSSR count). The summed E-state index contributed by atoms with van der Waals surface area (Å²) in [6, 6.07) is -0.693. The summed E-state index contributed by atoms with van der Waals surface area (Å²) < 4.78 is 1.69. The van der Waals surface area contributed by atoms with Crippen molar-refractivity contribution < 1.29 is 14.7 Å². The Kier molecular flexibility index (Phi) is 3.36. The van der Waals surface area contributed by atoms with Crippen LogP contribution >= 0.6 is 0 Å². The lowest BCUT2D eigenvalue weighted by Gasteiger charge is -2.20. The van der Waals surface area contributed by atoms with Gasteiger partial charge in [0, 0.05) is 19.3 Å². The van der Waals surface area contributed by atoms with E-state index in [9.17, 15) is 9.59 Å². The molecule has 1 atom stereocenters. The van der Waals surface area contributed by atoms with Crippen LogP contribution in [0, 0.1) is 6.92 Å². The van der Waals surface area contributed by atoms with E-state index >= 15 is 0 Å². The predicted octanol–water partition coefficient (Wildman–Crippen LogP) is 0.901. The van der Waals surface area contributed by atoms with Crippen molar-refractivity contribution in [3.05, 3.63) is 17.5 Å². The maximum atomic E-state index is 12.3. The van der Waals surface area contributed by atoms with Crippen LogP contribution in [0.2, 0.25) is 0 Å². The summed E-state index contributed by atoms with van der Waals surface area (Å²) in [6.45, 7) is 4.91. The van der Waals surface area contributed by atoms with Gasteiger partial charge in [-0.2, -0.15) is 5.10 Å². The minimum absolute atomic E-state index is 0.225. The molecule has 6 nitrogen and oxygen atoms in total. The first-order chi connectivity index (χ1) is 8.54. The van der Waals surface area contributed by atoms with E-state index < -0.39 is 12.0 Å². The Morgan fingerprint density at radius 1 is 1.56 bits per heavy atom. The third-order valence-corrected chi connectivity index (χ3v) is 3.30. The molecule has 0 bridgehead atoms. The van der Waals surface area contributed by atoms with Crippen molar-refractivity contribution in [3.8, 4) is 0 Å². The zero-order valence-corrected chi connectivity index (χ0v) is 10.6. The highest BCUT2D eigenvalue weighted by molar-refractivity contribution is 5.97. The monoisotopic (exact) mass is 251 g/mol. The van der Waals surface area contributed by atoms with Crippen molar-refractivity contribution in [1.82, 2.24) is 14.7 Å². The molecule has 0 radical (unpaired) electrons. The number of amides is 1. The van der Waals surface area contributed by atoms with E-state index in [-0.39, 0.29) is 5.91 Å². The van der Waals surface area contributed by atoms with E-state index in [0.717, 1.165) is 6.42 Å². The lowest BCUT2D eigenvalue weighted by Crippen LogP contribution is -2.40. The topological polar surface area (TPSA) is 75.4 Å². The predicted molar refractivity (Wildman–Crippen MR) is 64.3 cm³/mol. The molecule has 98 valence electrons. The van der Waals surface area contributed by atoms with Gasteiger partial charge in [0.1, 0.15) is 6.04 Å². The Bertz CT molecular complexity index is 481. The van der Waals surface area contributed by atoms with Gasteiger partial charge in [0.05, 0.1) is 11.3 Å². The maximum Gasteiger partial charge on any atom is 0.326 e. The van der Waals surface area contributed by atoms with Crippen LogP contribution in [0.4, 0.5) is 0 Å². The van der Waals surface area contributed by atoms with E-state index in [1.54, 1.807) is 17.8 Å². The lowest BCUT2D eigenvalue weighted by molar-refractivity contribution is -0.141. The van der Waals surface area contributed by atoms with Gasteiger partial charge in [-0.1, -0.05) is 0 Å². The number of aryl methyl sites for hydroxylation is 2. The van der Waals surface area contributed by atoms with Gasteiger partial charge in [0.2, 0.25) is 0 Å². The van der Waals surface area contributed by atoms with Gasteiger partial charge in [0.15, 0.2) is 0 Å². The number of aliphatic carboxylic acids is 1. The van der Waals surface area contributed by atoms with Crippen LogP contribution in [0.1, 0.15) is 35.8 Å². The molecule has 0 saturated carbocycles. The van der Waals surface area contributed by atoms with E-state index in [1.807, 2.05) is 6.92 Å². The minimum atomic E-state index is -0.929. The average molecular weight is 251 g/mol. The Hall–Kier alpha value is -1.85. The Morgan fingerprint density at radius 3 is 2.83 bits per heavy atom. The van der Waals surface area contributed by atoms with Crippen molar-refractivity contribution in [2.75, 3.05) is 6.54 Å². The molecular weight excluding hydrogens is 234 g/mol. The smallest absolute Gasteiger partial charge is 0.326 e. The molecule has 1 aliphatic heterocycles. The van der Waals surface area contributed by atoms with E-state index in [2.05, 4.69) is 5.10 Å². The van der Waals surface area contributed by atoms with Gasteiger partial charge in [-0.25, -0.2) is 4.79 Å². The average Bonchev–Trinajstić information content (AvgIpc) is 2.94. The Balaban J connectivity index is 2.25. The number of likely N-dealkylation sites (tertiary alicyclic amines) is 1. The summed E-state index contributed by atoms with van der Waals surface area (Å²) in [5.41, 5.74) is 1.16. The number of hydrogen-bond donors (Lipinski definition) is 1. The van der Waals surface area contributed by atoms with Gasteiger partial charge in [-0.3, -0.25) is 9.48 Å². The zero-order chi connectivity index (χ0) is 13.3. The number of carboxylic acid groups (broad SMARTS) is 1. The number of carbonyl (C=O) groups is 2. The molecule has 6 heteroatoms. The molecule has 1 aliphatic rings. The molecule has 1 aromatic rings. The first-order valence-corrected chi connectivity index (χ1v) is 6.12. The number of carboxylic acids is 1. The van der Waals surface area contributed by atoms with Crippen molar-refractivity contribution in [3.63, 3.8) is 0 Å². The number of aromatic nitrogens is 2. The summed E-state index contributed by atoms with van der Waals surface area (Å²) >= 11 is 0. The van der Waals surface area contributed by atoms with Crippen LogP contribution in [0.3, 0.4) is 0 Å². The van der Waals surface area contributed by atoms with Crippen LogP contribution in [0.15, 0.2) is 6.20 Å². The second kappa shape index (κ2) is 4.80. The molecule has 0 aromatic carbocycles. The Labute approximate surface area is 105 Å². The fourth-order valence-electron chi connectivity index (χ4n) is 2.31. The summed E-state index contributed by atoms with van der Waals surface area (Å²) in [7, 11) is 0. The van der Waals surface area contributed by atoms with Gasteiger partial charge < -0.3 is 10.0 Å². The molecule has 1 N–H and O–H groups in total. The summed E-state index contributed by atoms with van der Waals surface area (Å²) in [5, 5.41) is 13.3. The fraction of sp³-hybridized carbons (Fsp3) is 0.583. The summed E-state index contributed by atoms with van der Waals surface area (Å²) in [5.74, 6) is -1.15. The number of carbonyl (C=O) groups excluding carboxylic acids is 1. The van der Waals surface area contributed by atoms with Crippen LogP contribution in [-0.2, 0) is 11.3 Å². The molecule has 0 aliphatic carbocycles. The van der Waals surface area contributed by atoms with Crippen LogP contribution in [0.25, 0.3) is 0 Å². The fourth-order valence-corrected chi connectivity index (χ4v) is 2.31. The van der Waals surface area contributed by atoms with Crippen LogP contribution < -0.4 is 0 Å². The number of nitrogens with zero attached hydrogens (tertiary/aromatic N) is 3. The molecule has 1 fully saturated rings. The van der Waals surface area contributed by atoms with Crippen molar-refractivity contribution in [2.24, 2.45) is 0 Å². The highest BCUT2D eigenvalue weighted by Gasteiger charge is 2.35. The maximum absolute atomic E-state index is 12.3. The minimum Gasteiger partial charge on any atom is -0.480 e. The standard InChI is InChI=1S/C12H17N3O3/c1-3-14-7-9(8(2)13-14)11(16)15-6-4-5-10(15)12(17)18/h7,10H,3-6H2,1-2H3,(H,17,18). The molecule has 1 saturated heterocycles. The zero-order valence-electron chi connectivity index (χ0n) is 10.6. The molecule has 2 heterocycles. The normalized spacial score (nSPS) is 19.2. The highest BCUT2D eigenvalue weighted by atomic mass is 16.4. The number of hydrogen-bond acceptors (Lipinski definition) is 3. The third kappa shape index (κ3) is 2.10. The SMILES string of the molecule is CCn1cc(C(=O)N2CCCC2C(=O)O)c(C)n1. The molecule has 1 aromatic heterocycles. The van der Waals surface area contributed by atoms with Gasteiger partial charge in [-0.05, 0) is 26.7 Å². The summed E-state index contributed by atoms with van der Waals surface area (Å²) in [4.78, 5) is 24.8.